The first-order valence-electron chi connectivity index (χ1n) is 5.88. The lowest BCUT2D eigenvalue weighted by Crippen LogP contribution is -2.55. The lowest BCUT2D eigenvalue weighted by Gasteiger charge is -2.41. The van der Waals surface area contributed by atoms with Crippen molar-refractivity contribution in [1.29, 1.82) is 0 Å². The van der Waals surface area contributed by atoms with E-state index in [1.54, 1.807) is 7.11 Å². The number of piperidine rings is 1. The Balaban J connectivity index is 2.58. The summed E-state index contributed by atoms with van der Waals surface area (Å²) in [5, 5.41) is 3.32. The standard InChI is InChI=1S/C12H24N2O2/c1-11(2,16-5)10(15)14-8-6-12(3,13-4)7-9-14/h13H,6-9H2,1-5H3. The molecule has 0 atom stereocenters. The Morgan fingerprint density at radius 1 is 1.38 bits per heavy atom. The summed E-state index contributed by atoms with van der Waals surface area (Å²) in [4.78, 5) is 14.0. The molecule has 0 aromatic heterocycles. The molecule has 1 amide bonds. The number of nitrogens with one attached hydrogen (secondary N) is 1. The summed E-state index contributed by atoms with van der Waals surface area (Å²) in [6.07, 6.45) is 1.99. The zero-order chi connectivity index (χ0) is 12.4. The number of amides is 1. The molecule has 1 aliphatic heterocycles. The highest BCUT2D eigenvalue weighted by atomic mass is 16.5. The van der Waals surface area contributed by atoms with Crippen LogP contribution in [-0.2, 0) is 9.53 Å². The lowest BCUT2D eigenvalue weighted by atomic mass is 9.89. The number of nitrogens with zero attached hydrogens (tertiary/aromatic N) is 1. The maximum atomic E-state index is 12.1. The molecule has 0 radical (unpaired) electrons. The van der Waals surface area contributed by atoms with Crippen LogP contribution in [0.25, 0.3) is 0 Å². The van der Waals surface area contributed by atoms with Gasteiger partial charge in [0.15, 0.2) is 0 Å². The van der Waals surface area contributed by atoms with Gasteiger partial charge in [-0.1, -0.05) is 0 Å². The highest BCUT2D eigenvalue weighted by Crippen LogP contribution is 2.23. The van der Waals surface area contributed by atoms with Gasteiger partial charge in [0.25, 0.3) is 5.91 Å². The topological polar surface area (TPSA) is 41.6 Å². The van der Waals surface area contributed by atoms with Crippen molar-refractivity contribution in [2.45, 2.75) is 44.8 Å². The van der Waals surface area contributed by atoms with Gasteiger partial charge >= 0.3 is 0 Å². The van der Waals surface area contributed by atoms with Crippen molar-refractivity contribution in [2.24, 2.45) is 0 Å². The Bertz CT molecular complexity index is 256. The quantitative estimate of drug-likeness (QED) is 0.784. The van der Waals surface area contributed by atoms with Crippen molar-refractivity contribution in [3.8, 4) is 0 Å². The van der Waals surface area contributed by atoms with Gasteiger partial charge < -0.3 is 15.0 Å². The highest BCUT2D eigenvalue weighted by Gasteiger charge is 2.36. The fourth-order valence-corrected chi connectivity index (χ4v) is 1.92. The van der Waals surface area contributed by atoms with Gasteiger partial charge in [0.05, 0.1) is 0 Å². The monoisotopic (exact) mass is 228 g/mol. The number of likely N-dealkylation sites (tertiary alicyclic amines) is 1. The fraction of sp³-hybridized carbons (Fsp3) is 0.917. The summed E-state index contributed by atoms with van der Waals surface area (Å²) in [6, 6.07) is 0. The molecule has 0 bridgehead atoms. The second-order valence-corrected chi connectivity index (χ2v) is 5.32. The van der Waals surface area contributed by atoms with Crippen molar-refractivity contribution in [3.05, 3.63) is 0 Å². The Kier molecular flexibility index (Phi) is 3.97. The number of ether oxygens (including phenoxy) is 1. The molecule has 0 aliphatic carbocycles. The first-order chi connectivity index (χ1) is 7.34. The first-order valence-corrected chi connectivity index (χ1v) is 5.88. The lowest BCUT2D eigenvalue weighted by molar-refractivity contribution is -0.152. The maximum Gasteiger partial charge on any atom is 0.254 e. The molecule has 0 saturated carbocycles. The van der Waals surface area contributed by atoms with E-state index in [4.69, 9.17) is 4.74 Å². The van der Waals surface area contributed by atoms with Crippen LogP contribution in [0, 0.1) is 0 Å². The minimum atomic E-state index is -0.701. The van der Waals surface area contributed by atoms with E-state index in [-0.39, 0.29) is 11.4 Å². The van der Waals surface area contributed by atoms with Gasteiger partial charge in [-0.15, -0.1) is 0 Å². The third-order valence-corrected chi connectivity index (χ3v) is 3.78. The van der Waals surface area contributed by atoms with E-state index >= 15 is 0 Å². The predicted octanol–water partition coefficient (Wildman–Crippen LogP) is 1.01. The molecule has 0 spiro atoms. The van der Waals surface area contributed by atoms with Crippen LogP contribution in [0.1, 0.15) is 33.6 Å². The van der Waals surface area contributed by atoms with Gasteiger partial charge in [-0.3, -0.25) is 4.79 Å². The Morgan fingerprint density at radius 3 is 2.25 bits per heavy atom. The normalized spacial score (nSPS) is 20.9. The largest absolute Gasteiger partial charge is 0.369 e. The van der Waals surface area contributed by atoms with Gasteiger partial charge in [-0.25, -0.2) is 0 Å². The molecule has 0 aromatic carbocycles. The highest BCUT2D eigenvalue weighted by molar-refractivity contribution is 5.84. The Morgan fingerprint density at radius 2 is 1.88 bits per heavy atom. The molecule has 4 nitrogen and oxygen atoms in total. The van der Waals surface area contributed by atoms with Crippen molar-refractivity contribution in [3.63, 3.8) is 0 Å². The zero-order valence-electron chi connectivity index (χ0n) is 11.1. The van der Waals surface area contributed by atoms with Crippen LogP contribution < -0.4 is 5.32 Å². The third-order valence-electron chi connectivity index (χ3n) is 3.78. The second-order valence-electron chi connectivity index (χ2n) is 5.32. The number of hydrogen-bond acceptors (Lipinski definition) is 3. The molecule has 0 aromatic rings. The maximum absolute atomic E-state index is 12.1. The molecule has 4 heteroatoms. The van der Waals surface area contributed by atoms with Crippen LogP contribution in [0.4, 0.5) is 0 Å². The van der Waals surface area contributed by atoms with Crippen LogP contribution in [0.3, 0.4) is 0 Å². The summed E-state index contributed by atoms with van der Waals surface area (Å²) in [5.41, 5.74) is -0.526. The van der Waals surface area contributed by atoms with E-state index in [2.05, 4.69) is 12.2 Å². The molecule has 0 unspecified atom stereocenters. The zero-order valence-corrected chi connectivity index (χ0v) is 11.1. The van der Waals surface area contributed by atoms with Gasteiger partial charge in [-0.05, 0) is 40.7 Å². The molecular formula is C12H24N2O2. The molecule has 1 fully saturated rings. The molecular weight excluding hydrogens is 204 g/mol. The molecule has 16 heavy (non-hydrogen) atoms. The van der Waals surface area contributed by atoms with Gasteiger partial charge in [-0.2, -0.15) is 0 Å². The Hall–Kier alpha value is -0.610. The molecule has 1 saturated heterocycles. The average molecular weight is 228 g/mol. The second kappa shape index (κ2) is 4.72. The summed E-state index contributed by atoms with van der Waals surface area (Å²) in [5.74, 6) is 0.0909. The third kappa shape index (κ3) is 2.74. The predicted molar refractivity (Wildman–Crippen MR) is 64.4 cm³/mol. The Labute approximate surface area is 98.3 Å². The summed E-state index contributed by atoms with van der Waals surface area (Å²) < 4.78 is 5.22. The van der Waals surface area contributed by atoms with Crippen molar-refractivity contribution >= 4 is 5.91 Å². The van der Waals surface area contributed by atoms with Crippen LogP contribution >= 0.6 is 0 Å². The fourth-order valence-electron chi connectivity index (χ4n) is 1.92. The van der Waals surface area contributed by atoms with E-state index in [0.29, 0.717) is 0 Å². The number of carbonyl (C=O) groups is 1. The van der Waals surface area contributed by atoms with Gasteiger partial charge in [0.2, 0.25) is 0 Å². The summed E-state index contributed by atoms with van der Waals surface area (Å²) in [6.45, 7) is 7.46. The minimum absolute atomic E-state index is 0.0909. The number of carbonyl (C=O) groups excluding carboxylic acids is 1. The van der Waals surface area contributed by atoms with Crippen LogP contribution in [-0.4, -0.2) is 49.2 Å². The van der Waals surface area contributed by atoms with Crippen molar-refractivity contribution < 1.29 is 9.53 Å². The van der Waals surface area contributed by atoms with E-state index in [1.165, 1.54) is 0 Å². The molecule has 1 N–H and O–H groups in total. The van der Waals surface area contributed by atoms with Crippen molar-refractivity contribution in [2.75, 3.05) is 27.2 Å². The van der Waals surface area contributed by atoms with Crippen LogP contribution in [0.2, 0.25) is 0 Å². The first kappa shape index (κ1) is 13.5. The number of methoxy groups -OCH3 is 1. The van der Waals surface area contributed by atoms with Crippen LogP contribution in [0.15, 0.2) is 0 Å². The average Bonchev–Trinajstić information content (AvgIpc) is 2.29. The number of rotatable bonds is 3. The number of hydrogen-bond donors (Lipinski definition) is 1. The molecule has 1 aliphatic rings. The van der Waals surface area contributed by atoms with Gasteiger partial charge in [0.1, 0.15) is 5.60 Å². The smallest absolute Gasteiger partial charge is 0.254 e. The molecule has 1 heterocycles. The van der Waals surface area contributed by atoms with Crippen molar-refractivity contribution in [1.82, 2.24) is 10.2 Å². The van der Waals surface area contributed by atoms with E-state index in [9.17, 15) is 4.79 Å². The van der Waals surface area contributed by atoms with E-state index < -0.39 is 5.60 Å². The van der Waals surface area contributed by atoms with Crippen LogP contribution in [0.5, 0.6) is 0 Å². The molecule has 94 valence electrons. The molecule has 1 rings (SSSR count). The van der Waals surface area contributed by atoms with E-state index in [1.807, 2.05) is 25.8 Å². The SMILES string of the molecule is CNC1(C)CCN(C(=O)C(C)(C)OC)CC1. The van der Waals surface area contributed by atoms with Gasteiger partial charge in [0, 0.05) is 25.7 Å². The minimum Gasteiger partial charge on any atom is -0.369 e. The van der Waals surface area contributed by atoms with E-state index in [0.717, 1.165) is 25.9 Å². The summed E-state index contributed by atoms with van der Waals surface area (Å²) >= 11 is 0. The summed E-state index contributed by atoms with van der Waals surface area (Å²) in [7, 11) is 3.57.